The van der Waals surface area contributed by atoms with Crippen molar-refractivity contribution in [2.45, 2.75) is 82.7 Å². The highest BCUT2D eigenvalue weighted by atomic mass is 32.2. The number of rotatable bonds is 8. The zero-order chi connectivity index (χ0) is 26.4. The molecule has 0 bridgehead atoms. The standard InChI is InChI=1S/C22H33N3O9S2/c1-11-17-16(12(2)26)20(27)25(17)18(19(11)35-15-9-24(10-15)36(23,30)31)21(28)32-13(3)33-22(29)34-14-7-5-4-6-8-14/h11-17,26H,4-10H2,1-3H3,(H2,23,30,31)/t11-,12-,13?,16-,17-/m1/s1. The van der Waals surface area contributed by atoms with Gasteiger partial charge >= 0.3 is 12.1 Å². The highest BCUT2D eigenvalue weighted by molar-refractivity contribution is 8.04. The first-order valence-electron chi connectivity index (χ1n) is 12.2. The van der Waals surface area contributed by atoms with Crippen LogP contribution in [0, 0.1) is 11.8 Å². The van der Waals surface area contributed by atoms with Crippen molar-refractivity contribution >= 4 is 40.0 Å². The van der Waals surface area contributed by atoms with Crippen molar-refractivity contribution in [3.8, 4) is 0 Å². The van der Waals surface area contributed by atoms with E-state index in [-0.39, 0.29) is 36.1 Å². The van der Waals surface area contributed by atoms with Gasteiger partial charge in [-0.25, -0.2) is 14.7 Å². The molecule has 0 aromatic heterocycles. The maximum Gasteiger partial charge on any atom is 0.511 e. The smallest absolute Gasteiger partial charge is 0.431 e. The van der Waals surface area contributed by atoms with Crippen molar-refractivity contribution in [3.63, 3.8) is 0 Å². The van der Waals surface area contributed by atoms with E-state index < -0.39 is 52.6 Å². The fourth-order valence-electron chi connectivity index (χ4n) is 5.24. The van der Waals surface area contributed by atoms with E-state index in [2.05, 4.69) is 0 Å². The summed E-state index contributed by atoms with van der Waals surface area (Å²) >= 11 is 1.30. The molecule has 12 nitrogen and oxygen atoms in total. The van der Waals surface area contributed by atoms with Crippen molar-refractivity contribution < 1.29 is 42.1 Å². The number of aliphatic hydroxyl groups excluding tert-OH is 1. The molecule has 0 radical (unpaired) electrons. The Balaban J connectivity index is 1.44. The highest BCUT2D eigenvalue weighted by Crippen LogP contribution is 2.52. The summed E-state index contributed by atoms with van der Waals surface area (Å²) in [6.45, 7) is 5.11. The number of nitrogens with two attached hydrogens (primary N) is 1. The molecule has 3 heterocycles. The van der Waals surface area contributed by atoms with Gasteiger partial charge in [-0.15, -0.1) is 11.8 Å². The lowest BCUT2D eigenvalue weighted by atomic mass is 9.79. The number of carbonyl (C=O) groups is 3. The summed E-state index contributed by atoms with van der Waals surface area (Å²) in [5, 5.41) is 15.1. The first-order valence-corrected chi connectivity index (χ1v) is 14.5. The number of hydrogen-bond donors (Lipinski definition) is 2. The van der Waals surface area contributed by atoms with Crippen LogP contribution in [0.1, 0.15) is 52.9 Å². The summed E-state index contributed by atoms with van der Waals surface area (Å²) in [5.74, 6) is -2.19. The Morgan fingerprint density at radius 2 is 1.78 bits per heavy atom. The summed E-state index contributed by atoms with van der Waals surface area (Å²) in [6.07, 6.45) is 1.29. The molecule has 14 heteroatoms. The third-order valence-corrected chi connectivity index (χ3v) is 9.59. The molecule has 1 unspecified atom stereocenters. The normalized spacial score (nSPS) is 29.2. The van der Waals surface area contributed by atoms with Crippen molar-refractivity contribution in [1.82, 2.24) is 9.21 Å². The lowest BCUT2D eigenvalue weighted by molar-refractivity contribution is -0.174. The molecule has 4 rings (SSSR count). The lowest BCUT2D eigenvalue weighted by Crippen LogP contribution is -2.63. The van der Waals surface area contributed by atoms with Gasteiger partial charge < -0.3 is 24.2 Å². The van der Waals surface area contributed by atoms with Gasteiger partial charge in [0, 0.05) is 36.1 Å². The zero-order valence-electron chi connectivity index (χ0n) is 20.5. The van der Waals surface area contributed by atoms with E-state index in [1.54, 1.807) is 0 Å². The van der Waals surface area contributed by atoms with Crippen molar-refractivity contribution in [2.24, 2.45) is 17.0 Å². The molecule has 2 saturated heterocycles. The van der Waals surface area contributed by atoms with Gasteiger partial charge in [0.2, 0.25) is 12.2 Å². The second kappa shape index (κ2) is 10.5. The Labute approximate surface area is 214 Å². The number of nitrogens with zero attached hydrogens (tertiary/aromatic N) is 2. The average Bonchev–Trinajstić information content (AvgIpc) is 2.97. The predicted molar refractivity (Wildman–Crippen MR) is 128 cm³/mol. The number of esters is 1. The van der Waals surface area contributed by atoms with Crippen LogP contribution in [0.5, 0.6) is 0 Å². The minimum absolute atomic E-state index is 0.0320. The zero-order valence-corrected chi connectivity index (χ0v) is 22.1. The molecule has 0 spiro atoms. The van der Waals surface area contributed by atoms with E-state index in [1.165, 1.54) is 30.5 Å². The van der Waals surface area contributed by atoms with Crippen LogP contribution in [0.25, 0.3) is 0 Å². The molecule has 36 heavy (non-hydrogen) atoms. The molecular formula is C22H33N3O9S2. The summed E-state index contributed by atoms with van der Waals surface area (Å²) in [7, 11) is -3.80. The van der Waals surface area contributed by atoms with Gasteiger partial charge in [0.05, 0.1) is 18.1 Å². The third kappa shape index (κ3) is 5.37. The fourth-order valence-corrected chi connectivity index (χ4v) is 7.72. The van der Waals surface area contributed by atoms with E-state index in [0.29, 0.717) is 4.91 Å². The highest BCUT2D eigenvalue weighted by Gasteiger charge is 2.60. The molecule has 0 aromatic carbocycles. The molecule has 1 amide bonds. The van der Waals surface area contributed by atoms with Crippen LogP contribution in [0.2, 0.25) is 0 Å². The van der Waals surface area contributed by atoms with E-state index in [0.717, 1.165) is 36.4 Å². The van der Waals surface area contributed by atoms with Gasteiger partial charge in [-0.2, -0.15) is 12.7 Å². The Bertz CT molecular complexity index is 1040. The monoisotopic (exact) mass is 547 g/mol. The number of carbonyl (C=O) groups excluding carboxylic acids is 3. The van der Waals surface area contributed by atoms with Gasteiger partial charge in [-0.3, -0.25) is 4.79 Å². The van der Waals surface area contributed by atoms with Crippen LogP contribution in [0.15, 0.2) is 10.6 Å². The molecular weight excluding hydrogens is 514 g/mol. The van der Waals surface area contributed by atoms with Crippen LogP contribution in [-0.4, -0.2) is 83.6 Å². The van der Waals surface area contributed by atoms with Gasteiger partial charge in [0.15, 0.2) is 0 Å². The van der Waals surface area contributed by atoms with Crippen LogP contribution >= 0.6 is 11.8 Å². The number of hydrogen-bond acceptors (Lipinski definition) is 10. The minimum Gasteiger partial charge on any atom is -0.431 e. The molecule has 1 saturated carbocycles. The topological polar surface area (TPSA) is 166 Å². The first-order chi connectivity index (χ1) is 16.9. The summed E-state index contributed by atoms with van der Waals surface area (Å²) in [5.41, 5.74) is 0.0320. The SMILES string of the molecule is CC(OC(=O)OC1CCCCC1)OC(=O)C1=C(SC2CN(S(N)(=O)=O)C2)[C@H](C)[C@@H]2[C@@H]([C@@H](C)O)C(=O)N12. The number of amides is 1. The molecule has 202 valence electrons. The van der Waals surface area contributed by atoms with Crippen molar-refractivity contribution in [3.05, 3.63) is 10.6 Å². The number of ether oxygens (including phenoxy) is 3. The van der Waals surface area contributed by atoms with E-state index >= 15 is 0 Å². The predicted octanol–water partition coefficient (Wildman–Crippen LogP) is 1.05. The number of β-lactam (4-membered cyclic amide) rings is 1. The van der Waals surface area contributed by atoms with Crippen LogP contribution in [0.3, 0.4) is 0 Å². The molecule has 5 atom stereocenters. The Morgan fingerprint density at radius 3 is 2.36 bits per heavy atom. The van der Waals surface area contributed by atoms with Gasteiger partial charge in [-0.1, -0.05) is 13.3 Å². The molecule has 3 fully saturated rings. The molecule has 4 aliphatic rings. The maximum atomic E-state index is 13.2. The number of aliphatic hydroxyl groups is 1. The quantitative estimate of drug-likeness (QED) is 0.255. The summed E-state index contributed by atoms with van der Waals surface area (Å²) < 4.78 is 39.9. The number of fused-ring (bicyclic) bond motifs is 1. The Kier molecular flexibility index (Phi) is 7.91. The lowest BCUT2D eigenvalue weighted by Gasteiger charge is -2.46. The van der Waals surface area contributed by atoms with Crippen LogP contribution in [-0.2, 0) is 34.0 Å². The Hall–Kier alpha value is -1.87. The maximum absolute atomic E-state index is 13.2. The van der Waals surface area contributed by atoms with Crippen LogP contribution < -0.4 is 5.14 Å². The second-order valence-corrected chi connectivity index (χ2v) is 12.7. The van der Waals surface area contributed by atoms with E-state index in [1.807, 2.05) is 6.92 Å². The molecule has 3 aliphatic heterocycles. The Morgan fingerprint density at radius 1 is 1.14 bits per heavy atom. The minimum atomic E-state index is -3.80. The van der Waals surface area contributed by atoms with E-state index in [9.17, 15) is 27.9 Å². The van der Waals surface area contributed by atoms with Crippen molar-refractivity contribution in [1.29, 1.82) is 0 Å². The van der Waals surface area contributed by atoms with Gasteiger partial charge in [0.1, 0.15) is 11.8 Å². The second-order valence-electron chi connectivity index (χ2n) is 9.79. The van der Waals surface area contributed by atoms with Crippen LogP contribution in [0.4, 0.5) is 4.79 Å². The molecule has 3 N–H and O–H groups in total. The largest absolute Gasteiger partial charge is 0.511 e. The third-order valence-electron chi connectivity index (χ3n) is 7.12. The molecule has 0 aromatic rings. The van der Waals surface area contributed by atoms with Crippen molar-refractivity contribution in [2.75, 3.05) is 13.1 Å². The van der Waals surface area contributed by atoms with E-state index in [4.69, 9.17) is 19.3 Å². The fraction of sp³-hybridized carbons (Fsp3) is 0.773. The van der Waals surface area contributed by atoms with Gasteiger partial charge in [-0.05, 0) is 32.6 Å². The first kappa shape index (κ1) is 27.2. The number of thioether (sulfide) groups is 1. The average molecular weight is 548 g/mol. The summed E-state index contributed by atoms with van der Waals surface area (Å²) in [4.78, 5) is 40.1. The van der Waals surface area contributed by atoms with Gasteiger partial charge in [0.25, 0.3) is 10.2 Å². The summed E-state index contributed by atoms with van der Waals surface area (Å²) in [6, 6.07) is -0.426. The molecule has 1 aliphatic carbocycles.